The van der Waals surface area contributed by atoms with Crippen LogP contribution in [0.3, 0.4) is 0 Å². The Morgan fingerprint density at radius 2 is 1.44 bits per heavy atom. The summed E-state index contributed by atoms with van der Waals surface area (Å²) >= 11 is 12.0. The number of esters is 2. The van der Waals surface area contributed by atoms with Crippen molar-refractivity contribution < 1.29 is 19.1 Å². The molecule has 25 heavy (non-hydrogen) atoms. The summed E-state index contributed by atoms with van der Waals surface area (Å²) in [4.78, 5) is 22.9. The second kappa shape index (κ2) is 13.0. The van der Waals surface area contributed by atoms with E-state index >= 15 is 0 Å². The summed E-state index contributed by atoms with van der Waals surface area (Å²) in [6.45, 7) is 2.40. The molecule has 0 amide bonds. The maximum Gasteiger partial charge on any atom is 0.306 e. The van der Waals surface area contributed by atoms with Crippen LogP contribution in [0.25, 0.3) is 0 Å². The average molecular weight is 389 g/mol. The first-order chi connectivity index (χ1) is 12.0. The SMILES string of the molecule is CCOC(=O)CCCCCCCCC(=O)OCc1cccc(Cl)c1Cl. The van der Waals surface area contributed by atoms with E-state index in [1.54, 1.807) is 18.2 Å². The van der Waals surface area contributed by atoms with Gasteiger partial charge in [0, 0.05) is 18.4 Å². The number of halogens is 2. The van der Waals surface area contributed by atoms with Gasteiger partial charge >= 0.3 is 11.9 Å². The van der Waals surface area contributed by atoms with Crippen molar-refractivity contribution in [1.82, 2.24) is 0 Å². The predicted octanol–water partition coefficient (Wildman–Crippen LogP) is 5.72. The molecule has 1 rings (SSSR count). The van der Waals surface area contributed by atoms with Crippen LogP contribution in [0.1, 0.15) is 63.9 Å². The molecule has 0 spiro atoms. The number of unbranched alkanes of at least 4 members (excludes halogenated alkanes) is 5. The number of hydrogen-bond acceptors (Lipinski definition) is 4. The molecule has 0 radical (unpaired) electrons. The Morgan fingerprint density at radius 1 is 0.880 bits per heavy atom. The van der Waals surface area contributed by atoms with Crippen LogP contribution in [-0.4, -0.2) is 18.5 Å². The van der Waals surface area contributed by atoms with Crippen molar-refractivity contribution in [2.45, 2.75) is 64.9 Å². The number of benzene rings is 1. The van der Waals surface area contributed by atoms with Crippen LogP contribution in [0, 0.1) is 0 Å². The lowest BCUT2D eigenvalue weighted by Gasteiger charge is -2.07. The molecule has 0 N–H and O–H groups in total. The van der Waals surface area contributed by atoms with E-state index in [0.717, 1.165) is 38.5 Å². The van der Waals surface area contributed by atoms with Crippen LogP contribution in [-0.2, 0) is 25.7 Å². The molecule has 0 saturated heterocycles. The lowest BCUT2D eigenvalue weighted by Crippen LogP contribution is -2.04. The molecule has 0 fully saturated rings. The van der Waals surface area contributed by atoms with Gasteiger partial charge in [-0.1, -0.05) is 61.0 Å². The van der Waals surface area contributed by atoms with Gasteiger partial charge in [0.15, 0.2) is 0 Å². The zero-order chi connectivity index (χ0) is 18.5. The predicted molar refractivity (Wildman–Crippen MR) is 99.8 cm³/mol. The van der Waals surface area contributed by atoms with Crippen molar-refractivity contribution in [1.29, 1.82) is 0 Å². The Hall–Kier alpha value is -1.26. The van der Waals surface area contributed by atoms with Gasteiger partial charge in [0.25, 0.3) is 0 Å². The number of rotatable bonds is 12. The lowest BCUT2D eigenvalue weighted by atomic mass is 10.1. The highest BCUT2D eigenvalue weighted by Crippen LogP contribution is 2.26. The third-order valence-electron chi connectivity index (χ3n) is 3.74. The van der Waals surface area contributed by atoms with E-state index in [4.69, 9.17) is 32.7 Å². The maximum absolute atomic E-state index is 11.7. The number of hydrogen-bond donors (Lipinski definition) is 0. The zero-order valence-electron chi connectivity index (χ0n) is 14.7. The first-order valence-electron chi connectivity index (χ1n) is 8.78. The Kier molecular flexibility index (Phi) is 11.3. The Morgan fingerprint density at radius 3 is 2.04 bits per heavy atom. The van der Waals surface area contributed by atoms with Crippen molar-refractivity contribution in [2.24, 2.45) is 0 Å². The highest BCUT2D eigenvalue weighted by Gasteiger charge is 2.08. The van der Waals surface area contributed by atoms with Gasteiger partial charge in [0.2, 0.25) is 0 Å². The summed E-state index contributed by atoms with van der Waals surface area (Å²) in [7, 11) is 0. The van der Waals surface area contributed by atoms with Crippen molar-refractivity contribution >= 4 is 35.1 Å². The van der Waals surface area contributed by atoms with Gasteiger partial charge in [-0.25, -0.2) is 0 Å². The van der Waals surface area contributed by atoms with Crippen LogP contribution in [0.4, 0.5) is 0 Å². The number of carbonyl (C=O) groups is 2. The topological polar surface area (TPSA) is 52.6 Å². The van der Waals surface area contributed by atoms with Crippen molar-refractivity contribution in [3.8, 4) is 0 Å². The molecule has 0 aliphatic carbocycles. The quantitative estimate of drug-likeness (QED) is 0.339. The highest BCUT2D eigenvalue weighted by molar-refractivity contribution is 6.42. The Labute approximate surface area is 159 Å². The number of ether oxygens (including phenoxy) is 2. The number of carbonyl (C=O) groups excluding carboxylic acids is 2. The van der Waals surface area contributed by atoms with E-state index in [1.165, 1.54) is 0 Å². The molecule has 0 aliphatic rings. The van der Waals surface area contributed by atoms with E-state index in [9.17, 15) is 9.59 Å². The van der Waals surface area contributed by atoms with Gasteiger partial charge in [-0.3, -0.25) is 9.59 Å². The summed E-state index contributed by atoms with van der Waals surface area (Å²) < 4.78 is 10.1. The monoisotopic (exact) mass is 388 g/mol. The fourth-order valence-electron chi connectivity index (χ4n) is 2.37. The van der Waals surface area contributed by atoms with Gasteiger partial charge in [-0.05, 0) is 25.8 Å². The standard InChI is InChI=1S/C19H26Cl2O4/c1-2-24-17(22)12-7-5-3-4-6-8-13-18(23)25-14-15-10-9-11-16(20)19(15)21/h9-11H,2-8,12-14H2,1H3. The third-order valence-corrected chi connectivity index (χ3v) is 4.60. The van der Waals surface area contributed by atoms with E-state index in [1.807, 2.05) is 6.92 Å². The van der Waals surface area contributed by atoms with Crippen LogP contribution in [0.2, 0.25) is 10.0 Å². The van der Waals surface area contributed by atoms with Gasteiger partial charge in [-0.15, -0.1) is 0 Å². The molecular weight excluding hydrogens is 363 g/mol. The Balaban J connectivity index is 2.02. The van der Waals surface area contributed by atoms with Crippen molar-refractivity contribution in [3.63, 3.8) is 0 Å². The minimum atomic E-state index is -0.224. The van der Waals surface area contributed by atoms with Gasteiger partial charge in [-0.2, -0.15) is 0 Å². The first kappa shape index (κ1) is 21.8. The molecular formula is C19H26Cl2O4. The third kappa shape index (κ3) is 9.71. The molecule has 1 aromatic rings. The normalized spacial score (nSPS) is 10.5. The zero-order valence-corrected chi connectivity index (χ0v) is 16.2. The average Bonchev–Trinajstić information content (AvgIpc) is 2.58. The summed E-state index contributed by atoms with van der Waals surface area (Å²) in [5.74, 6) is -0.344. The van der Waals surface area contributed by atoms with Crippen molar-refractivity contribution in [2.75, 3.05) is 6.61 Å². The molecule has 6 heteroatoms. The molecule has 1 aromatic carbocycles. The summed E-state index contributed by atoms with van der Waals surface area (Å²) in [6, 6.07) is 5.26. The first-order valence-corrected chi connectivity index (χ1v) is 9.54. The second-order valence-electron chi connectivity index (χ2n) is 5.80. The highest BCUT2D eigenvalue weighted by atomic mass is 35.5. The molecule has 140 valence electrons. The largest absolute Gasteiger partial charge is 0.466 e. The fourth-order valence-corrected chi connectivity index (χ4v) is 2.74. The summed E-state index contributed by atoms with van der Waals surface area (Å²) in [6.07, 6.45) is 6.67. The van der Waals surface area contributed by atoms with E-state index < -0.39 is 0 Å². The van der Waals surface area contributed by atoms with Crippen LogP contribution >= 0.6 is 23.2 Å². The van der Waals surface area contributed by atoms with Gasteiger partial charge in [0.05, 0.1) is 16.7 Å². The Bertz CT molecular complexity index is 546. The maximum atomic E-state index is 11.7. The van der Waals surface area contributed by atoms with Gasteiger partial charge < -0.3 is 9.47 Å². The van der Waals surface area contributed by atoms with E-state index in [-0.39, 0.29) is 18.5 Å². The molecule has 0 heterocycles. The smallest absolute Gasteiger partial charge is 0.306 e. The van der Waals surface area contributed by atoms with E-state index in [2.05, 4.69) is 0 Å². The van der Waals surface area contributed by atoms with Crippen LogP contribution in [0.5, 0.6) is 0 Å². The molecule has 4 nitrogen and oxygen atoms in total. The van der Waals surface area contributed by atoms with Crippen molar-refractivity contribution in [3.05, 3.63) is 33.8 Å². The molecule has 0 atom stereocenters. The minimum Gasteiger partial charge on any atom is -0.466 e. The van der Waals surface area contributed by atoms with Crippen LogP contribution in [0.15, 0.2) is 18.2 Å². The molecule has 0 unspecified atom stereocenters. The lowest BCUT2D eigenvalue weighted by molar-refractivity contribution is -0.145. The second-order valence-corrected chi connectivity index (χ2v) is 6.59. The molecule has 0 saturated carbocycles. The molecule has 0 bridgehead atoms. The molecule has 0 aromatic heterocycles. The molecule has 0 aliphatic heterocycles. The fraction of sp³-hybridized carbons (Fsp3) is 0.579. The van der Waals surface area contributed by atoms with Crippen LogP contribution < -0.4 is 0 Å². The van der Waals surface area contributed by atoms with Gasteiger partial charge in [0.1, 0.15) is 6.61 Å². The summed E-state index contributed by atoms with van der Waals surface area (Å²) in [5.41, 5.74) is 0.712. The summed E-state index contributed by atoms with van der Waals surface area (Å²) in [5, 5.41) is 0.887. The van der Waals surface area contributed by atoms with E-state index in [0.29, 0.717) is 35.1 Å². The minimum absolute atomic E-state index is 0.120.